The van der Waals surface area contributed by atoms with Crippen molar-refractivity contribution in [3.63, 3.8) is 0 Å². The van der Waals surface area contributed by atoms with E-state index in [2.05, 4.69) is 136 Å². The van der Waals surface area contributed by atoms with Gasteiger partial charge in [-0.2, -0.15) is 0 Å². The number of anilines is 3. The highest BCUT2D eigenvalue weighted by Gasteiger charge is 2.39. The molecule has 6 heteroatoms. The summed E-state index contributed by atoms with van der Waals surface area (Å²) in [5, 5.41) is 5.27. The topological polar surface area (TPSA) is 38.4 Å². The summed E-state index contributed by atoms with van der Waals surface area (Å²) in [7, 11) is 0. The molecule has 0 spiro atoms. The molecule has 0 fully saturated rings. The van der Waals surface area contributed by atoms with Crippen LogP contribution in [0.1, 0.15) is 42.3 Å². The Balaban J connectivity index is 1.11. The molecule has 5 heterocycles. The van der Waals surface area contributed by atoms with Crippen LogP contribution in [0.5, 0.6) is 0 Å². The molecule has 6 aromatic carbocycles. The third-order valence-corrected chi connectivity index (χ3v) is 11.5. The molecule has 0 radical (unpaired) electrons. The Morgan fingerprint density at radius 3 is 2.17 bits per heavy atom. The average molecular weight is 700 g/mol. The van der Waals surface area contributed by atoms with Gasteiger partial charge in [0.05, 0.1) is 27.8 Å². The summed E-state index contributed by atoms with van der Waals surface area (Å²) in [6.07, 6.45) is 4.47. The average Bonchev–Trinajstić information content (AvgIpc) is 3.85. The first-order valence-electron chi connectivity index (χ1n) is 18.4. The van der Waals surface area contributed by atoms with Gasteiger partial charge < -0.3 is 4.90 Å². The van der Waals surface area contributed by atoms with Crippen LogP contribution in [-0.4, -0.2) is 18.9 Å². The molecule has 5 nitrogen and oxygen atoms in total. The first-order valence-corrected chi connectivity index (χ1v) is 18.4. The Morgan fingerprint density at radius 1 is 0.574 bits per heavy atom. The van der Waals surface area contributed by atoms with E-state index < -0.39 is 6.17 Å². The number of hydrogen-bond acceptors (Lipinski definition) is 3. The van der Waals surface area contributed by atoms with Crippen molar-refractivity contribution in [3.8, 4) is 5.69 Å². The molecule has 0 aliphatic carbocycles. The molecule has 11 rings (SSSR count). The SMILES string of the molecule is CC1(C)c2ccccc2N(c2ccccc2)c2c1cnc1c2c2ccccc2n1-c1cccc(C(F)c2ccc3c4ccccc4n4ccnc4c3c2)c1. The van der Waals surface area contributed by atoms with Crippen molar-refractivity contribution in [2.24, 2.45) is 0 Å². The number of fused-ring (bicyclic) bond motifs is 12. The van der Waals surface area contributed by atoms with Crippen molar-refractivity contribution in [2.75, 3.05) is 4.90 Å². The lowest BCUT2D eigenvalue weighted by molar-refractivity contribution is 0.402. The molecule has 1 aliphatic heterocycles. The van der Waals surface area contributed by atoms with E-state index in [9.17, 15) is 0 Å². The maximum atomic E-state index is 16.9. The highest BCUT2D eigenvalue weighted by Crippen LogP contribution is 2.55. The Morgan fingerprint density at radius 2 is 1.30 bits per heavy atom. The Hall–Kier alpha value is -6.79. The zero-order valence-corrected chi connectivity index (χ0v) is 29.8. The zero-order chi connectivity index (χ0) is 36.1. The standard InChI is InChI=1S/C48H34FN5/c1-48(2)38-19-8-11-22-42(38)53(32-14-4-3-5-15-32)45-39(48)29-51-47-43(45)36-18-7-10-21-41(36)54(47)33-16-12-13-30(27-33)44(49)31-23-24-34-35-17-6-9-20-40(35)52-26-25-50-46(52)37(34)28-31/h3-29,44H,1-2H3. The van der Waals surface area contributed by atoms with Crippen LogP contribution in [0.25, 0.3) is 54.9 Å². The normalized spacial score (nSPS) is 14.2. The number of nitrogens with zero attached hydrogens (tertiary/aromatic N) is 5. The lowest BCUT2D eigenvalue weighted by Crippen LogP contribution is -2.31. The fourth-order valence-electron chi connectivity index (χ4n) is 8.92. The van der Waals surface area contributed by atoms with Crippen molar-refractivity contribution >= 4 is 66.3 Å². The lowest BCUT2D eigenvalue weighted by Gasteiger charge is -2.42. The Labute approximate surface area is 311 Å². The molecular weight excluding hydrogens is 666 g/mol. The molecule has 1 atom stereocenters. The van der Waals surface area contributed by atoms with Crippen LogP contribution in [0.3, 0.4) is 0 Å². The minimum Gasteiger partial charge on any atom is -0.309 e. The monoisotopic (exact) mass is 699 g/mol. The number of halogens is 1. The van der Waals surface area contributed by atoms with Crippen LogP contribution >= 0.6 is 0 Å². The molecule has 0 saturated carbocycles. The van der Waals surface area contributed by atoms with Gasteiger partial charge in [0.15, 0.2) is 6.17 Å². The van der Waals surface area contributed by atoms with E-state index in [0.29, 0.717) is 11.1 Å². The van der Waals surface area contributed by atoms with Gasteiger partial charge in [-0.15, -0.1) is 0 Å². The third-order valence-electron chi connectivity index (χ3n) is 11.5. The van der Waals surface area contributed by atoms with E-state index in [1.807, 2.05) is 54.7 Å². The fourth-order valence-corrected chi connectivity index (χ4v) is 8.92. The van der Waals surface area contributed by atoms with Gasteiger partial charge in [0.25, 0.3) is 0 Å². The largest absolute Gasteiger partial charge is 0.309 e. The molecule has 1 aliphatic rings. The molecule has 54 heavy (non-hydrogen) atoms. The van der Waals surface area contributed by atoms with Gasteiger partial charge in [-0.1, -0.05) is 111 Å². The first kappa shape index (κ1) is 30.8. The number of benzene rings is 6. The van der Waals surface area contributed by atoms with E-state index in [4.69, 9.17) is 4.98 Å². The van der Waals surface area contributed by atoms with Crippen LogP contribution in [0.4, 0.5) is 21.5 Å². The van der Waals surface area contributed by atoms with Gasteiger partial charge in [0.1, 0.15) is 11.3 Å². The van der Waals surface area contributed by atoms with Crippen molar-refractivity contribution < 1.29 is 4.39 Å². The number of rotatable bonds is 4. The third kappa shape index (κ3) is 4.25. The zero-order valence-electron chi connectivity index (χ0n) is 29.8. The van der Waals surface area contributed by atoms with E-state index >= 15 is 4.39 Å². The number of hydrogen-bond donors (Lipinski definition) is 0. The molecule has 0 saturated heterocycles. The quantitative estimate of drug-likeness (QED) is 0.172. The Kier molecular flexibility index (Phi) is 6.48. The molecule has 0 bridgehead atoms. The van der Waals surface area contributed by atoms with Crippen LogP contribution < -0.4 is 4.90 Å². The summed E-state index contributed by atoms with van der Waals surface area (Å²) in [6, 6.07) is 49.8. The predicted octanol–water partition coefficient (Wildman–Crippen LogP) is 12.3. The van der Waals surface area contributed by atoms with E-state index in [1.54, 1.807) is 6.20 Å². The summed E-state index contributed by atoms with van der Waals surface area (Å²) >= 11 is 0. The summed E-state index contributed by atoms with van der Waals surface area (Å²) in [4.78, 5) is 12.3. The summed E-state index contributed by atoms with van der Waals surface area (Å²) < 4.78 is 21.2. The fraction of sp³-hybridized carbons (Fsp3) is 0.0833. The van der Waals surface area contributed by atoms with Gasteiger partial charge in [0.2, 0.25) is 0 Å². The van der Waals surface area contributed by atoms with E-state index in [0.717, 1.165) is 77.6 Å². The Bertz CT molecular complexity index is 3120. The lowest BCUT2D eigenvalue weighted by atomic mass is 9.73. The summed E-state index contributed by atoms with van der Waals surface area (Å²) in [5.41, 5.74) is 11.3. The molecule has 1 unspecified atom stereocenters. The number of alkyl halides is 1. The number of pyridine rings is 2. The second-order valence-corrected chi connectivity index (χ2v) is 14.8. The van der Waals surface area contributed by atoms with E-state index in [1.165, 1.54) is 5.56 Å². The van der Waals surface area contributed by atoms with E-state index in [-0.39, 0.29) is 5.41 Å². The molecular formula is C48H34FN5. The minimum atomic E-state index is -1.35. The number of imidazole rings is 1. The van der Waals surface area contributed by atoms with Crippen LogP contribution in [0.2, 0.25) is 0 Å². The van der Waals surface area contributed by atoms with Crippen LogP contribution in [0.15, 0.2) is 164 Å². The van der Waals surface area contributed by atoms with Crippen molar-refractivity contribution in [2.45, 2.75) is 25.4 Å². The second-order valence-electron chi connectivity index (χ2n) is 14.8. The second kappa shape index (κ2) is 11.4. The van der Waals surface area contributed by atoms with Gasteiger partial charge in [-0.05, 0) is 70.6 Å². The molecule has 0 N–H and O–H groups in total. The van der Waals surface area contributed by atoms with Crippen LogP contribution in [-0.2, 0) is 5.41 Å². The summed E-state index contributed by atoms with van der Waals surface area (Å²) in [5.74, 6) is 0. The molecule has 10 aromatic rings. The minimum absolute atomic E-state index is 0.295. The van der Waals surface area contributed by atoms with Gasteiger partial charge >= 0.3 is 0 Å². The summed E-state index contributed by atoms with van der Waals surface area (Å²) in [6.45, 7) is 4.58. The van der Waals surface area contributed by atoms with Crippen LogP contribution in [0, 0.1) is 0 Å². The number of aromatic nitrogens is 4. The van der Waals surface area contributed by atoms with Gasteiger partial charge in [-0.25, -0.2) is 14.4 Å². The molecule has 258 valence electrons. The van der Waals surface area contributed by atoms with Gasteiger partial charge in [0, 0.05) is 57.1 Å². The van der Waals surface area contributed by atoms with Crippen molar-refractivity contribution in [1.82, 2.24) is 18.9 Å². The highest BCUT2D eigenvalue weighted by molar-refractivity contribution is 6.17. The molecule has 0 amide bonds. The maximum Gasteiger partial charge on any atom is 0.150 e. The van der Waals surface area contributed by atoms with Crippen molar-refractivity contribution in [1.29, 1.82) is 0 Å². The maximum absolute atomic E-state index is 16.9. The van der Waals surface area contributed by atoms with Crippen molar-refractivity contribution in [3.05, 3.63) is 186 Å². The smallest absolute Gasteiger partial charge is 0.150 e. The van der Waals surface area contributed by atoms with Gasteiger partial charge in [-0.3, -0.25) is 8.97 Å². The molecule has 4 aromatic heterocycles. The highest BCUT2D eigenvalue weighted by atomic mass is 19.1. The first-order chi connectivity index (χ1) is 26.5. The predicted molar refractivity (Wildman–Crippen MR) is 219 cm³/mol. The number of para-hydroxylation sites is 4.